The molecule has 1 aliphatic carbocycles. The fourth-order valence-electron chi connectivity index (χ4n) is 3.32. The van der Waals surface area contributed by atoms with Crippen molar-refractivity contribution in [3.8, 4) is 0 Å². The van der Waals surface area contributed by atoms with Crippen LogP contribution in [-0.4, -0.2) is 35.2 Å². The molecule has 0 unspecified atom stereocenters. The van der Waals surface area contributed by atoms with Gasteiger partial charge in [-0.05, 0) is 25.0 Å². The van der Waals surface area contributed by atoms with Gasteiger partial charge in [-0.1, -0.05) is 13.0 Å². The van der Waals surface area contributed by atoms with Crippen LogP contribution in [0.25, 0.3) is 0 Å². The topological polar surface area (TPSA) is 116 Å². The van der Waals surface area contributed by atoms with Crippen LogP contribution >= 0.6 is 0 Å². The number of benzene rings is 1. The van der Waals surface area contributed by atoms with Crippen LogP contribution in [0.4, 0.5) is 14.5 Å². The molecule has 1 aromatic rings. The van der Waals surface area contributed by atoms with Gasteiger partial charge in [-0.2, -0.15) is 0 Å². The fraction of sp³-hybridized carbons (Fsp3) is 0.500. The molecular weight excluding hydrogens is 378 g/mol. The zero-order valence-corrected chi connectivity index (χ0v) is 15.3. The first kappa shape index (κ1) is 21.4. The Labute approximate surface area is 159 Å². The van der Waals surface area contributed by atoms with Gasteiger partial charge in [0, 0.05) is 23.2 Å². The monoisotopic (exact) mass is 398 g/mol. The number of anilines is 1. The number of amides is 1. The highest BCUT2D eigenvalue weighted by atomic mass is 19.1. The Morgan fingerprint density at radius 3 is 2.54 bits per heavy atom. The third-order valence-corrected chi connectivity index (χ3v) is 4.82. The van der Waals surface area contributed by atoms with E-state index in [0.29, 0.717) is 0 Å². The number of hydrogen-bond donors (Lipinski definition) is 1. The van der Waals surface area contributed by atoms with E-state index in [9.17, 15) is 33.3 Å². The Bertz CT molecular complexity index is 780. The maximum absolute atomic E-state index is 13.6. The lowest BCUT2D eigenvalue weighted by molar-refractivity contribution is -0.490. The van der Waals surface area contributed by atoms with Gasteiger partial charge in [0.1, 0.15) is 23.1 Å². The van der Waals surface area contributed by atoms with Crippen LogP contribution in [-0.2, 0) is 19.1 Å². The molecule has 152 valence electrons. The van der Waals surface area contributed by atoms with Crippen molar-refractivity contribution in [1.29, 1.82) is 0 Å². The number of nitro groups is 1. The summed E-state index contributed by atoms with van der Waals surface area (Å²) < 4.78 is 32.1. The molecule has 8 nitrogen and oxygen atoms in total. The minimum absolute atomic E-state index is 0.138. The molecule has 0 bridgehead atoms. The van der Waals surface area contributed by atoms with Crippen LogP contribution in [0.15, 0.2) is 18.2 Å². The molecule has 0 radical (unpaired) electrons. The standard InChI is InChI=1S/C18H20F2N2O6/c1-9-6-15(23)11(12(9)8-22(26)27)7-16(24)28-10(2)18(25)21-17-13(19)4-3-5-14(17)20/h3-5,9-12H,6-8H2,1-2H3,(H,21,25)/t9-,10-,11+,12+/m0/s1. The van der Waals surface area contributed by atoms with Gasteiger partial charge in [0.15, 0.2) is 6.10 Å². The van der Waals surface area contributed by atoms with E-state index in [1.54, 1.807) is 6.92 Å². The van der Waals surface area contributed by atoms with Crippen molar-refractivity contribution in [2.24, 2.45) is 17.8 Å². The molecule has 1 aliphatic rings. The lowest BCUT2D eigenvalue weighted by Crippen LogP contribution is -2.33. The van der Waals surface area contributed by atoms with E-state index in [-0.39, 0.29) is 18.1 Å². The van der Waals surface area contributed by atoms with Crippen LogP contribution < -0.4 is 5.32 Å². The Morgan fingerprint density at radius 2 is 1.96 bits per heavy atom. The summed E-state index contributed by atoms with van der Waals surface area (Å²) in [5.41, 5.74) is -0.666. The average molecular weight is 398 g/mol. The third-order valence-electron chi connectivity index (χ3n) is 4.82. The number of rotatable bonds is 7. The lowest BCUT2D eigenvalue weighted by Gasteiger charge is -2.19. The van der Waals surface area contributed by atoms with Crippen LogP contribution in [0.1, 0.15) is 26.7 Å². The highest BCUT2D eigenvalue weighted by Gasteiger charge is 2.44. The predicted octanol–water partition coefficient (Wildman–Crippen LogP) is 2.34. The van der Waals surface area contributed by atoms with E-state index in [1.807, 2.05) is 5.32 Å². The number of ketones is 1. The number of hydrogen-bond acceptors (Lipinski definition) is 6. The number of nitrogens with zero attached hydrogens (tertiary/aromatic N) is 1. The zero-order chi connectivity index (χ0) is 21.0. The van der Waals surface area contributed by atoms with E-state index in [0.717, 1.165) is 18.2 Å². The van der Waals surface area contributed by atoms with Crippen LogP contribution in [0.3, 0.4) is 0 Å². The van der Waals surface area contributed by atoms with Gasteiger partial charge < -0.3 is 10.1 Å². The Kier molecular flexibility index (Phi) is 6.76. The highest BCUT2D eigenvalue weighted by Crippen LogP contribution is 2.36. The summed E-state index contributed by atoms with van der Waals surface area (Å²) in [5.74, 6) is -5.76. The molecule has 0 aliphatic heterocycles. The van der Waals surface area contributed by atoms with Crippen LogP contribution in [0, 0.1) is 39.5 Å². The van der Waals surface area contributed by atoms with Gasteiger partial charge in [0.2, 0.25) is 6.54 Å². The van der Waals surface area contributed by atoms with Gasteiger partial charge in [-0.25, -0.2) is 8.78 Å². The van der Waals surface area contributed by atoms with Crippen molar-refractivity contribution in [2.45, 2.75) is 32.8 Å². The molecule has 28 heavy (non-hydrogen) atoms. The molecule has 10 heteroatoms. The largest absolute Gasteiger partial charge is 0.453 e. The first-order valence-corrected chi connectivity index (χ1v) is 8.69. The number of ether oxygens (including phenoxy) is 1. The highest BCUT2D eigenvalue weighted by molar-refractivity contribution is 5.95. The molecule has 0 saturated heterocycles. The fourth-order valence-corrected chi connectivity index (χ4v) is 3.32. The second-order valence-electron chi connectivity index (χ2n) is 6.86. The van der Waals surface area contributed by atoms with Gasteiger partial charge in [-0.15, -0.1) is 0 Å². The summed E-state index contributed by atoms with van der Waals surface area (Å²) in [6, 6.07) is 3.04. The number of carbonyl (C=O) groups is 3. The molecule has 1 aromatic carbocycles. The second kappa shape index (κ2) is 8.85. The van der Waals surface area contributed by atoms with Crippen molar-refractivity contribution in [3.63, 3.8) is 0 Å². The molecule has 4 atom stereocenters. The molecule has 2 rings (SSSR count). The minimum Gasteiger partial charge on any atom is -0.453 e. The van der Waals surface area contributed by atoms with Gasteiger partial charge in [0.05, 0.1) is 6.42 Å². The minimum atomic E-state index is -1.38. The normalized spacial score (nSPS) is 22.6. The maximum atomic E-state index is 13.6. The smallest absolute Gasteiger partial charge is 0.307 e. The van der Waals surface area contributed by atoms with E-state index in [2.05, 4.69) is 0 Å². The van der Waals surface area contributed by atoms with Gasteiger partial charge in [-0.3, -0.25) is 24.5 Å². The molecule has 1 amide bonds. The number of para-hydroxylation sites is 1. The van der Waals surface area contributed by atoms with Crippen molar-refractivity contribution in [3.05, 3.63) is 39.9 Å². The van der Waals surface area contributed by atoms with E-state index >= 15 is 0 Å². The first-order chi connectivity index (χ1) is 13.1. The lowest BCUT2D eigenvalue weighted by atomic mass is 9.88. The molecule has 0 spiro atoms. The van der Waals surface area contributed by atoms with E-state index in [4.69, 9.17) is 4.74 Å². The van der Waals surface area contributed by atoms with Crippen molar-refractivity contribution in [1.82, 2.24) is 0 Å². The molecule has 1 saturated carbocycles. The maximum Gasteiger partial charge on any atom is 0.307 e. The number of carbonyl (C=O) groups excluding carboxylic acids is 3. The van der Waals surface area contributed by atoms with Crippen molar-refractivity contribution >= 4 is 23.3 Å². The van der Waals surface area contributed by atoms with Gasteiger partial charge in [0.25, 0.3) is 5.91 Å². The Balaban J connectivity index is 1.97. The Morgan fingerprint density at radius 1 is 1.36 bits per heavy atom. The van der Waals surface area contributed by atoms with E-state index in [1.165, 1.54) is 6.92 Å². The summed E-state index contributed by atoms with van der Waals surface area (Å²) in [7, 11) is 0. The number of nitrogens with one attached hydrogen (secondary N) is 1. The third kappa shape index (κ3) is 5.08. The molecule has 1 fully saturated rings. The molecule has 0 aromatic heterocycles. The SMILES string of the molecule is C[C@H](OC(=O)C[C@H]1C(=O)C[C@H](C)[C@H]1C[N+](=O)[O-])C(=O)Nc1c(F)cccc1F. The quantitative estimate of drug-likeness (QED) is 0.428. The zero-order valence-electron chi connectivity index (χ0n) is 15.3. The van der Waals surface area contributed by atoms with Crippen molar-refractivity contribution < 1.29 is 32.8 Å². The summed E-state index contributed by atoms with van der Waals surface area (Å²) in [6.45, 7) is 2.48. The summed E-state index contributed by atoms with van der Waals surface area (Å²) >= 11 is 0. The Hall–Kier alpha value is -2.91. The average Bonchev–Trinajstić information content (AvgIpc) is 2.84. The van der Waals surface area contributed by atoms with Gasteiger partial charge >= 0.3 is 5.97 Å². The molecule has 0 heterocycles. The summed E-state index contributed by atoms with van der Waals surface area (Å²) in [6.07, 6.45) is -1.64. The number of halogens is 2. The number of Topliss-reactive ketones (excluding diaryl/α,β-unsaturated/α-hetero) is 1. The second-order valence-corrected chi connectivity index (χ2v) is 6.86. The van der Waals surface area contributed by atoms with Crippen molar-refractivity contribution in [2.75, 3.05) is 11.9 Å². The predicted molar refractivity (Wildman–Crippen MR) is 92.8 cm³/mol. The van der Waals surface area contributed by atoms with Crippen LogP contribution in [0.2, 0.25) is 0 Å². The molecule has 1 N–H and O–H groups in total. The molecular formula is C18H20F2N2O6. The number of esters is 1. The van der Waals surface area contributed by atoms with E-state index < -0.39 is 65.0 Å². The van der Waals surface area contributed by atoms with Crippen LogP contribution in [0.5, 0.6) is 0 Å². The summed E-state index contributed by atoms with van der Waals surface area (Å²) in [5, 5.41) is 12.8. The first-order valence-electron chi connectivity index (χ1n) is 8.69. The summed E-state index contributed by atoms with van der Waals surface area (Å²) in [4.78, 5) is 46.5.